The summed E-state index contributed by atoms with van der Waals surface area (Å²) < 4.78 is 7.53. The molecule has 2 aromatic carbocycles. The third kappa shape index (κ3) is 13.3. The molecule has 302 valence electrons. The van der Waals surface area contributed by atoms with E-state index in [0.29, 0.717) is 25.6 Å². The number of nitrogens with one attached hydrogen (secondary N) is 4. The Balaban J connectivity index is 0.869. The molecule has 2 aliphatic rings. The maximum absolute atomic E-state index is 13.0. The molecule has 56 heavy (non-hydrogen) atoms. The highest BCUT2D eigenvalue weighted by molar-refractivity contribution is 5.90. The van der Waals surface area contributed by atoms with Crippen LogP contribution >= 0.6 is 0 Å². The molecule has 1 saturated heterocycles. The van der Waals surface area contributed by atoms with Crippen LogP contribution in [0.3, 0.4) is 0 Å². The number of nitrogens with zero attached hydrogens (tertiary/aromatic N) is 5. The Bertz CT molecular complexity index is 1770. The molecule has 0 spiro atoms. The molecule has 4 aromatic rings. The maximum atomic E-state index is 13.0. The fraction of sp³-hybridized carbons (Fsp3) is 0.558. The summed E-state index contributed by atoms with van der Waals surface area (Å²) in [6, 6.07) is 17.6. The number of anilines is 2. The number of hydrogen-bond acceptors (Lipinski definition) is 11. The van der Waals surface area contributed by atoms with Crippen molar-refractivity contribution in [2.75, 3.05) is 49.9 Å². The molecule has 6 rings (SSSR count). The molecule has 0 bridgehead atoms. The molecule has 1 saturated carbocycles. The number of carbonyl (C=O) groups excluding carboxylic acids is 2. The first-order valence-electron chi connectivity index (χ1n) is 21.0. The van der Waals surface area contributed by atoms with Crippen molar-refractivity contribution in [1.82, 2.24) is 35.1 Å². The van der Waals surface area contributed by atoms with Gasteiger partial charge in [-0.15, -0.1) is 0 Å². The van der Waals surface area contributed by atoms with E-state index in [2.05, 4.69) is 37.0 Å². The van der Waals surface area contributed by atoms with Crippen molar-refractivity contribution >= 4 is 34.5 Å². The average molecular weight is 767 g/mol. The van der Waals surface area contributed by atoms with Gasteiger partial charge in [0.25, 0.3) is 0 Å². The number of rotatable bonds is 22. The Morgan fingerprint density at radius 3 is 2.48 bits per heavy atom. The Kier molecular flexibility index (Phi) is 16.3. The fourth-order valence-corrected chi connectivity index (χ4v) is 7.58. The first-order chi connectivity index (χ1) is 27.5. The average Bonchev–Trinajstić information content (AvgIpc) is 3.69. The predicted molar refractivity (Wildman–Crippen MR) is 222 cm³/mol. The lowest BCUT2D eigenvalue weighted by Gasteiger charge is -2.33. The van der Waals surface area contributed by atoms with Gasteiger partial charge in [-0.05, 0) is 88.7 Å². The minimum atomic E-state index is -0.830. The van der Waals surface area contributed by atoms with Crippen LogP contribution in [0.15, 0.2) is 67.1 Å². The minimum Gasteiger partial charge on any atom is -0.460 e. The molecule has 6 N–H and O–H groups in total. The Morgan fingerprint density at radius 2 is 1.64 bits per heavy atom. The molecular weight excluding hydrogens is 705 g/mol. The van der Waals surface area contributed by atoms with Crippen LogP contribution < -0.4 is 27.0 Å². The number of benzene rings is 2. The van der Waals surface area contributed by atoms with E-state index in [-0.39, 0.29) is 31.4 Å². The summed E-state index contributed by atoms with van der Waals surface area (Å²) in [7, 11) is 0. The zero-order valence-corrected chi connectivity index (χ0v) is 33.0. The van der Waals surface area contributed by atoms with Crippen molar-refractivity contribution in [3.63, 3.8) is 0 Å². The van der Waals surface area contributed by atoms with Gasteiger partial charge in [0.2, 0.25) is 11.9 Å². The minimum absolute atomic E-state index is 0.00886. The lowest BCUT2D eigenvalue weighted by molar-refractivity contribution is -0.146. The van der Waals surface area contributed by atoms with E-state index in [1.165, 1.54) is 38.5 Å². The number of fused-ring (bicyclic) bond motifs is 1. The monoisotopic (exact) mass is 767 g/mol. The Morgan fingerprint density at radius 1 is 0.857 bits per heavy atom. The van der Waals surface area contributed by atoms with Gasteiger partial charge in [-0.2, -0.15) is 4.98 Å². The van der Waals surface area contributed by atoms with Crippen molar-refractivity contribution in [2.45, 2.75) is 115 Å². The van der Waals surface area contributed by atoms with Gasteiger partial charge in [-0.1, -0.05) is 61.7 Å². The standard InChI is InChI=1S/C43H62N10O3/c44-38(42(55)56-31-33-12-3-1-4-13-33)18-19-40(54)53-28-21-35(22-29-53)49-41-37-16-7-8-17-39(37)50-43(51-41)47-26-20-36-30-52(32-48-36)27-10-9-23-45-24-11-25-46-34-14-5-2-6-15-34/h1,3-4,7-8,12-13,16-17,30,32,34-35,38,45-46H,2,5-6,9-11,14-15,18-29,31,44H2,(H2,47,49,50,51)/t38-/m0/s1. The number of esters is 1. The summed E-state index contributed by atoms with van der Waals surface area (Å²) in [5, 5.41) is 15.4. The quantitative estimate of drug-likeness (QED) is 0.0513. The van der Waals surface area contributed by atoms with Gasteiger partial charge in [0.1, 0.15) is 18.5 Å². The van der Waals surface area contributed by atoms with Crippen LogP contribution in [-0.2, 0) is 33.9 Å². The Labute approximate surface area is 332 Å². The third-order valence-corrected chi connectivity index (χ3v) is 10.9. The van der Waals surface area contributed by atoms with Crippen molar-refractivity contribution in [3.8, 4) is 0 Å². The lowest BCUT2D eigenvalue weighted by atomic mass is 9.95. The fourth-order valence-electron chi connectivity index (χ4n) is 7.58. The van der Waals surface area contributed by atoms with Gasteiger partial charge in [0.15, 0.2) is 0 Å². The van der Waals surface area contributed by atoms with Crippen molar-refractivity contribution in [2.24, 2.45) is 5.73 Å². The SMILES string of the molecule is N[C@@H](CCC(=O)N1CCC(Nc2nc(NCCc3cn(CCCCNCCCNC4CCCCC4)cn3)nc3ccccc23)CC1)C(=O)OCc1ccccc1. The normalized spacial score (nSPS) is 15.8. The Hall–Kier alpha value is -4.59. The number of hydrogen-bond donors (Lipinski definition) is 5. The van der Waals surface area contributed by atoms with Crippen LogP contribution in [0.25, 0.3) is 10.9 Å². The van der Waals surface area contributed by atoms with Crippen molar-refractivity contribution < 1.29 is 14.3 Å². The number of nitrogens with two attached hydrogens (primary N) is 1. The molecule has 1 aliphatic carbocycles. The summed E-state index contributed by atoms with van der Waals surface area (Å²) in [6.45, 7) is 6.33. The van der Waals surface area contributed by atoms with Gasteiger partial charge in [0, 0.05) is 62.7 Å². The maximum Gasteiger partial charge on any atom is 0.323 e. The van der Waals surface area contributed by atoms with Gasteiger partial charge < -0.3 is 41.2 Å². The van der Waals surface area contributed by atoms with E-state index in [0.717, 1.165) is 92.3 Å². The zero-order chi connectivity index (χ0) is 38.8. The molecule has 2 aromatic heterocycles. The first-order valence-corrected chi connectivity index (χ1v) is 21.0. The zero-order valence-electron chi connectivity index (χ0n) is 33.0. The number of amides is 1. The topological polar surface area (TPSA) is 164 Å². The van der Waals surface area contributed by atoms with Crippen LogP contribution in [0.4, 0.5) is 11.8 Å². The smallest absolute Gasteiger partial charge is 0.323 e. The highest BCUT2D eigenvalue weighted by atomic mass is 16.5. The number of imidazole rings is 1. The number of likely N-dealkylation sites (tertiary alicyclic amines) is 1. The molecule has 2 fully saturated rings. The lowest BCUT2D eigenvalue weighted by Crippen LogP contribution is -2.43. The summed E-state index contributed by atoms with van der Waals surface area (Å²) in [5.41, 5.74) is 8.87. The number of aryl methyl sites for hydroxylation is 1. The van der Waals surface area contributed by atoms with Crippen LogP contribution in [-0.4, -0.2) is 93.7 Å². The number of ether oxygens (including phenoxy) is 1. The van der Waals surface area contributed by atoms with Crippen LogP contribution in [0.1, 0.15) is 88.3 Å². The summed E-state index contributed by atoms with van der Waals surface area (Å²) >= 11 is 0. The number of unbranched alkanes of at least 4 members (excludes halogenated alkanes) is 1. The van der Waals surface area contributed by atoms with E-state index in [1.807, 2.05) is 65.8 Å². The highest BCUT2D eigenvalue weighted by Gasteiger charge is 2.25. The van der Waals surface area contributed by atoms with Gasteiger partial charge in [-0.25, -0.2) is 9.97 Å². The summed E-state index contributed by atoms with van der Waals surface area (Å²) in [5.74, 6) is 0.889. The number of carbonyl (C=O) groups is 2. The predicted octanol–water partition coefficient (Wildman–Crippen LogP) is 5.42. The van der Waals surface area contributed by atoms with E-state index in [4.69, 9.17) is 20.4 Å². The molecule has 13 nitrogen and oxygen atoms in total. The number of aromatic nitrogens is 4. The molecular formula is C43H62N10O3. The highest BCUT2D eigenvalue weighted by Crippen LogP contribution is 2.25. The summed E-state index contributed by atoms with van der Waals surface area (Å²) in [4.78, 5) is 41.5. The van der Waals surface area contributed by atoms with Crippen LogP contribution in [0.5, 0.6) is 0 Å². The second kappa shape index (κ2) is 22.2. The molecule has 1 atom stereocenters. The second-order valence-corrected chi connectivity index (χ2v) is 15.3. The third-order valence-electron chi connectivity index (χ3n) is 10.9. The molecule has 0 radical (unpaired) electrons. The van der Waals surface area contributed by atoms with E-state index in [1.54, 1.807) is 0 Å². The van der Waals surface area contributed by atoms with Crippen molar-refractivity contribution in [3.05, 3.63) is 78.4 Å². The second-order valence-electron chi connectivity index (χ2n) is 15.3. The van der Waals surface area contributed by atoms with E-state index >= 15 is 0 Å². The largest absolute Gasteiger partial charge is 0.460 e. The van der Waals surface area contributed by atoms with Crippen LogP contribution in [0.2, 0.25) is 0 Å². The molecule has 0 unspecified atom stereocenters. The molecule has 1 amide bonds. The van der Waals surface area contributed by atoms with Gasteiger partial charge in [0.05, 0.1) is 17.5 Å². The summed E-state index contributed by atoms with van der Waals surface area (Å²) in [6.07, 6.45) is 17.3. The molecule has 3 heterocycles. The van der Waals surface area contributed by atoms with E-state index in [9.17, 15) is 9.59 Å². The number of piperidine rings is 1. The van der Waals surface area contributed by atoms with Crippen LogP contribution in [0, 0.1) is 0 Å². The first kappa shape index (κ1) is 41.1. The number of para-hydroxylation sites is 1. The van der Waals surface area contributed by atoms with Crippen molar-refractivity contribution in [1.29, 1.82) is 0 Å². The van der Waals surface area contributed by atoms with Gasteiger partial charge in [-0.3, -0.25) is 9.59 Å². The molecule has 1 aliphatic heterocycles. The van der Waals surface area contributed by atoms with Gasteiger partial charge >= 0.3 is 5.97 Å². The molecule has 13 heteroatoms. The van der Waals surface area contributed by atoms with E-state index < -0.39 is 12.0 Å².